The van der Waals surface area contributed by atoms with Gasteiger partial charge < -0.3 is 4.98 Å². The van der Waals surface area contributed by atoms with Crippen molar-refractivity contribution in [3.63, 3.8) is 0 Å². The first-order chi connectivity index (χ1) is 5.77. The molecule has 0 atom stereocenters. The molecule has 12 heavy (non-hydrogen) atoms. The van der Waals surface area contributed by atoms with Crippen LogP contribution in [0.1, 0.15) is 30.9 Å². The van der Waals surface area contributed by atoms with Crippen molar-refractivity contribution in [3.05, 3.63) is 27.5 Å². The van der Waals surface area contributed by atoms with Gasteiger partial charge in [-0.1, -0.05) is 30.2 Å². The fourth-order valence-electron chi connectivity index (χ4n) is 1.43. The molecular weight excluding hydrogens is 190 g/mol. The number of H-pyrrole nitrogens is 1. The number of aromatic nitrogens is 1. The zero-order chi connectivity index (χ0) is 8.55. The normalized spacial score (nSPS) is 17.4. The predicted molar refractivity (Wildman–Crippen MR) is 53.2 cm³/mol. The molecule has 1 aromatic heterocycles. The van der Waals surface area contributed by atoms with E-state index in [0.29, 0.717) is 15.6 Å². The van der Waals surface area contributed by atoms with Gasteiger partial charge in [-0.3, -0.25) is 0 Å². The summed E-state index contributed by atoms with van der Waals surface area (Å²) in [5.74, 6) is 0.698. The molecule has 0 unspecified atom stereocenters. The minimum Gasteiger partial charge on any atom is -0.349 e. The van der Waals surface area contributed by atoms with E-state index in [4.69, 9.17) is 23.8 Å². The number of pyridine rings is 1. The number of aromatic amines is 1. The lowest BCUT2D eigenvalue weighted by Crippen LogP contribution is -2.10. The Morgan fingerprint density at radius 1 is 1.42 bits per heavy atom. The highest BCUT2D eigenvalue weighted by Crippen LogP contribution is 2.35. The summed E-state index contributed by atoms with van der Waals surface area (Å²) in [5, 5.41) is 0.646. The predicted octanol–water partition coefficient (Wildman–Crippen LogP) is 3.67. The highest BCUT2D eigenvalue weighted by molar-refractivity contribution is 7.71. The van der Waals surface area contributed by atoms with Crippen LogP contribution in [0.2, 0.25) is 5.02 Å². The molecule has 1 nitrogen and oxygen atoms in total. The second-order valence-corrected chi connectivity index (χ2v) is 4.03. The summed E-state index contributed by atoms with van der Waals surface area (Å²) >= 11 is 10.9. The molecule has 0 radical (unpaired) electrons. The van der Waals surface area contributed by atoms with E-state index in [1.54, 1.807) is 0 Å². The topological polar surface area (TPSA) is 15.8 Å². The number of hydrogen-bond acceptors (Lipinski definition) is 1. The van der Waals surface area contributed by atoms with Crippen LogP contribution in [0, 0.1) is 4.64 Å². The van der Waals surface area contributed by atoms with Gasteiger partial charge in [0.2, 0.25) is 0 Å². The van der Waals surface area contributed by atoms with Crippen molar-refractivity contribution >= 4 is 23.8 Å². The quantitative estimate of drug-likeness (QED) is 0.683. The first-order valence-electron chi connectivity index (χ1n) is 4.16. The average Bonchev–Trinajstić information content (AvgIpc) is 1.93. The van der Waals surface area contributed by atoms with E-state index in [1.165, 1.54) is 25.0 Å². The fraction of sp³-hybridized carbons (Fsp3) is 0.444. The summed E-state index contributed by atoms with van der Waals surface area (Å²) in [6, 6.07) is 3.93. The summed E-state index contributed by atoms with van der Waals surface area (Å²) in [6.45, 7) is 0. The molecule has 0 aliphatic heterocycles. The first kappa shape index (κ1) is 8.27. The number of nitrogens with one attached hydrogen (secondary N) is 1. The Labute approximate surface area is 81.8 Å². The summed E-state index contributed by atoms with van der Waals surface area (Å²) in [6.07, 6.45) is 3.91. The van der Waals surface area contributed by atoms with Crippen LogP contribution < -0.4 is 0 Å². The highest BCUT2D eigenvalue weighted by Gasteiger charge is 2.19. The Morgan fingerprint density at radius 3 is 2.67 bits per heavy atom. The lowest BCUT2D eigenvalue weighted by atomic mass is 9.83. The van der Waals surface area contributed by atoms with Gasteiger partial charge >= 0.3 is 0 Å². The molecular formula is C9H10ClNS. The fourth-order valence-corrected chi connectivity index (χ4v) is 1.72. The standard InChI is InChI=1S/C9H10ClNS/c10-7-4-5-8(11-9(7)12)6-2-1-3-6/h4-6H,1-3H2,(H,11,12). The third-order valence-corrected chi connectivity index (χ3v) is 3.18. The second-order valence-electron chi connectivity index (χ2n) is 3.22. The first-order valence-corrected chi connectivity index (χ1v) is 4.95. The number of halogens is 1. The highest BCUT2D eigenvalue weighted by atomic mass is 35.5. The van der Waals surface area contributed by atoms with E-state index < -0.39 is 0 Å². The van der Waals surface area contributed by atoms with E-state index in [1.807, 2.05) is 12.1 Å². The molecule has 0 aromatic carbocycles. The van der Waals surface area contributed by atoms with Crippen LogP contribution in [-0.2, 0) is 0 Å². The van der Waals surface area contributed by atoms with Gasteiger partial charge in [-0.15, -0.1) is 0 Å². The Kier molecular flexibility index (Phi) is 2.20. The lowest BCUT2D eigenvalue weighted by molar-refractivity contribution is 0.411. The van der Waals surface area contributed by atoms with E-state index in [2.05, 4.69) is 4.98 Å². The van der Waals surface area contributed by atoms with Gasteiger partial charge in [-0.05, 0) is 30.9 Å². The Balaban J connectivity index is 2.33. The van der Waals surface area contributed by atoms with Crippen molar-refractivity contribution in [3.8, 4) is 0 Å². The largest absolute Gasteiger partial charge is 0.349 e. The Bertz CT molecular complexity index is 341. The van der Waals surface area contributed by atoms with Crippen LogP contribution in [0.25, 0.3) is 0 Å². The molecule has 3 heteroatoms. The molecule has 1 fully saturated rings. The van der Waals surface area contributed by atoms with E-state index in [9.17, 15) is 0 Å². The molecule has 0 saturated heterocycles. The lowest BCUT2D eigenvalue weighted by Gasteiger charge is -2.25. The van der Waals surface area contributed by atoms with Crippen molar-refractivity contribution in [2.45, 2.75) is 25.2 Å². The zero-order valence-corrected chi connectivity index (χ0v) is 8.21. The number of hydrogen-bond donors (Lipinski definition) is 1. The monoisotopic (exact) mass is 199 g/mol. The number of rotatable bonds is 1. The molecule has 0 bridgehead atoms. The van der Waals surface area contributed by atoms with Gasteiger partial charge in [0.05, 0.1) is 5.02 Å². The smallest absolute Gasteiger partial charge is 0.122 e. The van der Waals surface area contributed by atoms with Crippen LogP contribution >= 0.6 is 23.8 Å². The van der Waals surface area contributed by atoms with Crippen LogP contribution in [0.5, 0.6) is 0 Å². The van der Waals surface area contributed by atoms with Gasteiger partial charge in [0, 0.05) is 5.69 Å². The molecule has 2 rings (SSSR count). The zero-order valence-electron chi connectivity index (χ0n) is 6.64. The van der Waals surface area contributed by atoms with Gasteiger partial charge in [0.15, 0.2) is 0 Å². The maximum atomic E-state index is 5.81. The van der Waals surface area contributed by atoms with Crippen molar-refractivity contribution in [1.29, 1.82) is 0 Å². The Hall–Kier alpha value is -0.340. The third kappa shape index (κ3) is 1.41. The van der Waals surface area contributed by atoms with E-state index in [-0.39, 0.29) is 0 Å². The van der Waals surface area contributed by atoms with Crippen molar-refractivity contribution in [2.24, 2.45) is 0 Å². The van der Waals surface area contributed by atoms with Gasteiger partial charge in [0.25, 0.3) is 0 Å². The second kappa shape index (κ2) is 3.19. The van der Waals surface area contributed by atoms with E-state index in [0.717, 1.165) is 0 Å². The molecule has 0 amide bonds. The van der Waals surface area contributed by atoms with Crippen molar-refractivity contribution < 1.29 is 0 Å². The minimum absolute atomic E-state index is 0.646. The third-order valence-electron chi connectivity index (χ3n) is 2.43. The average molecular weight is 200 g/mol. The minimum atomic E-state index is 0.646. The van der Waals surface area contributed by atoms with Crippen molar-refractivity contribution in [2.75, 3.05) is 0 Å². The van der Waals surface area contributed by atoms with Crippen molar-refractivity contribution in [1.82, 2.24) is 4.98 Å². The van der Waals surface area contributed by atoms with Crippen LogP contribution in [0.4, 0.5) is 0 Å². The molecule has 1 aromatic rings. The SMILES string of the molecule is S=c1[nH]c(C2CCC2)ccc1Cl. The summed E-state index contributed by atoms with van der Waals surface area (Å²) in [5.41, 5.74) is 1.25. The van der Waals surface area contributed by atoms with Crippen LogP contribution in [0.3, 0.4) is 0 Å². The maximum Gasteiger partial charge on any atom is 0.122 e. The molecule has 1 aliphatic carbocycles. The summed E-state index contributed by atoms with van der Waals surface area (Å²) in [7, 11) is 0. The molecule has 1 aliphatic rings. The molecule has 64 valence electrons. The molecule has 1 heterocycles. The maximum absolute atomic E-state index is 5.81. The molecule has 1 saturated carbocycles. The van der Waals surface area contributed by atoms with Crippen LogP contribution in [0.15, 0.2) is 12.1 Å². The molecule has 1 N–H and O–H groups in total. The molecule has 0 spiro atoms. The van der Waals surface area contributed by atoms with E-state index >= 15 is 0 Å². The van der Waals surface area contributed by atoms with Gasteiger partial charge in [-0.2, -0.15) is 0 Å². The van der Waals surface area contributed by atoms with Crippen LogP contribution in [-0.4, -0.2) is 4.98 Å². The summed E-state index contributed by atoms with van der Waals surface area (Å²) in [4.78, 5) is 3.16. The van der Waals surface area contributed by atoms with Gasteiger partial charge in [-0.25, -0.2) is 0 Å². The Morgan fingerprint density at radius 2 is 2.17 bits per heavy atom. The van der Waals surface area contributed by atoms with Gasteiger partial charge in [0.1, 0.15) is 4.64 Å². The summed E-state index contributed by atoms with van der Waals surface area (Å²) < 4.78 is 0.668.